The van der Waals surface area contributed by atoms with Gasteiger partial charge in [0, 0.05) is 16.0 Å². The summed E-state index contributed by atoms with van der Waals surface area (Å²) in [6.45, 7) is 15.0. The van der Waals surface area contributed by atoms with Gasteiger partial charge in [0.05, 0.1) is 24.2 Å². The average Bonchev–Trinajstić information content (AvgIpc) is 2.93. The van der Waals surface area contributed by atoms with Gasteiger partial charge in [-0.3, -0.25) is 4.79 Å². The maximum absolute atomic E-state index is 13.0. The molecular formula is C37H51ClO5. The molecule has 1 aromatic carbocycles. The summed E-state index contributed by atoms with van der Waals surface area (Å²) in [5, 5.41) is 23.2. The fourth-order valence-electron chi connectivity index (χ4n) is 12.2. The molecule has 5 fully saturated rings. The molecule has 5 nitrogen and oxygen atoms in total. The topological polar surface area (TPSA) is 76.0 Å². The molecule has 1 heterocycles. The molecule has 1 aliphatic heterocycles. The number of hydrogen-bond donors (Lipinski definition) is 2. The maximum atomic E-state index is 13.0. The van der Waals surface area contributed by atoms with Gasteiger partial charge in [-0.25, -0.2) is 0 Å². The second kappa shape index (κ2) is 9.56. The molecular weight excluding hydrogens is 560 g/mol. The van der Waals surface area contributed by atoms with Crippen molar-refractivity contribution in [2.24, 2.45) is 50.2 Å². The first-order chi connectivity index (χ1) is 20.1. The van der Waals surface area contributed by atoms with Crippen molar-refractivity contribution in [1.29, 1.82) is 0 Å². The summed E-state index contributed by atoms with van der Waals surface area (Å²) in [6, 6.07) is 7.62. The standard InChI is InChI=1S/C37H51ClO5/c1-32(2)15-17-37(31(40)41)18-16-35(5)24(25(37)19-32)11-12-28-33(3)20-26(39)29-34(4,27(33)13-14-36(28,35)6)21-42-30(43-29)22-7-9-23(38)10-8-22/h7-11,25-30,39H,12-21H2,1-6H3,(H,40,41)/t25?,26-,27?,28?,29+,30?,33+,34+,35-,36-,37+/m1/s1. The van der Waals surface area contributed by atoms with E-state index in [9.17, 15) is 15.0 Å². The summed E-state index contributed by atoms with van der Waals surface area (Å²) in [5.74, 6) is 0.302. The molecule has 0 radical (unpaired) electrons. The van der Waals surface area contributed by atoms with Gasteiger partial charge in [0.15, 0.2) is 6.29 Å². The van der Waals surface area contributed by atoms with Gasteiger partial charge in [0.25, 0.3) is 0 Å². The van der Waals surface area contributed by atoms with E-state index in [-0.39, 0.29) is 39.1 Å². The molecule has 11 atom stereocenters. The minimum absolute atomic E-state index is 0.0388. The first-order valence-corrected chi connectivity index (χ1v) is 17.1. The number of aliphatic hydroxyl groups is 1. The fraction of sp³-hybridized carbons (Fsp3) is 0.757. The van der Waals surface area contributed by atoms with Gasteiger partial charge < -0.3 is 19.7 Å². The minimum Gasteiger partial charge on any atom is -0.481 e. The molecule has 0 aromatic heterocycles. The fourth-order valence-corrected chi connectivity index (χ4v) is 12.3. The Bertz CT molecular complexity index is 1340. The van der Waals surface area contributed by atoms with Crippen LogP contribution in [0.1, 0.15) is 111 Å². The van der Waals surface area contributed by atoms with E-state index in [4.69, 9.17) is 21.1 Å². The Kier molecular flexibility index (Phi) is 6.73. The quantitative estimate of drug-likeness (QED) is 0.328. The SMILES string of the molecule is CC1(C)CC[C@]2(C(=O)O)CC[C@]3(C)C(=CCC4[C@@]5(C)C[C@@H](O)[C@@H]6OC(c7ccc(Cl)cc7)OC[C@@]6(C)C5CC[C@]43C)C2C1. The van der Waals surface area contributed by atoms with Crippen LogP contribution in [0.15, 0.2) is 35.9 Å². The van der Waals surface area contributed by atoms with E-state index < -0.39 is 23.8 Å². The molecule has 1 aromatic rings. The predicted molar refractivity (Wildman–Crippen MR) is 167 cm³/mol. The molecule has 236 valence electrons. The van der Waals surface area contributed by atoms with Crippen molar-refractivity contribution in [2.75, 3.05) is 6.61 Å². The molecule has 0 spiro atoms. The zero-order valence-electron chi connectivity index (χ0n) is 26.9. The van der Waals surface area contributed by atoms with Gasteiger partial charge in [-0.1, -0.05) is 76.9 Å². The predicted octanol–water partition coefficient (Wildman–Crippen LogP) is 8.59. The molecule has 0 bridgehead atoms. The highest BCUT2D eigenvalue weighted by molar-refractivity contribution is 6.30. The monoisotopic (exact) mass is 610 g/mol. The molecule has 6 heteroatoms. The number of aliphatic hydroxyl groups excluding tert-OH is 1. The zero-order valence-corrected chi connectivity index (χ0v) is 27.7. The number of carboxylic acids is 1. The highest BCUT2D eigenvalue weighted by atomic mass is 35.5. The van der Waals surface area contributed by atoms with Crippen LogP contribution in [0.5, 0.6) is 0 Å². The highest BCUT2D eigenvalue weighted by Gasteiger charge is 2.71. The lowest BCUT2D eigenvalue weighted by molar-refractivity contribution is -0.339. The number of carboxylic acid groups (broad SMARTS) is 1. The van der Waals surface area contributed by atoms with Crippen molar-refractivity contribution < 1.29 is 24.5 Å². The number of allylic oxidation sites excluding steroid dienone is 2. The van der Waals surface area contributed by atoms with E-state index >= 15 is 0 Å². The van der Waals surface area contributed by atoms with E-state index in [0.717, 1.165) is 63.4 Å². The van der Waals surface area contributed by atoms with E-state index in [1.165, 1.54) is 5.57 Å². The molecule has 0 amide bonds. The molecule has 5 aliphatic carbocycles. The number of carbonyl (C=O) groups is 1. The van der Waals surface area contributed by atoms with Crippen LogP contribution in [0.3, 0.4) is 0 Å². The number of ether oxygens (including phenoxy) is 2. The van der Waals surface area contributed by atoms with Crippen LogP contribution < -0.4 is 0 Å². The lowest BCUT2D eigenvalue weighted by Gasteiger charge is -2.72. The second-order valence-electron chi connectivity index (χ2n) is 17.2. The summed E-state index contributed by atoms with van der Waals surface area (Å²) in [6.07, 6.45) is 9.46. The van der Waals surface area contributed by atoms with Gasteiger partial charge >= 0.3 is 5.97 Å². The van der Waals surface area contributed by atoms with Crippen molar-refractivity contribution in [3.63, 3.8) is 0 Å². The maximum Gasteiger partial charge on any atom is 0.310 e. The zero-order chi connectivity index (χ0) is 30.8. The Morgan fingerprint density at radius 2 is 1.60 bits per heavy atom. The smallest absolute Gasteiger partial charge is 0.310 e. The molecule has 43 heavy (non-hydrogen) atoms. The van der Waals surface area contributed by atoms with Crippen LogP contribution in [0.4, 0.5) is 0 Å². The van der Waals surface area contributed by atoms with Crippen molar-refractivity contribution >= 4 is 17.6 Å². The largest absolute Gasteiger partial charge is 0.481 e. The van der Waals surface area contributed by atoms with Crippen molar-refractivity contribution in [3.8, 4) is 0 Å². The van der Waals surface area contributed by atoms with Crippen LogP contribution in [-0.2, 0) is 14.3 Å². The number of benzene rings is 1. The van der Waals surface area contributed by atoms with E-state index in [2.05, 4.69) is 47.6 Å². The Morgan fingerprint density at radius 3 is 2.30 bits per heavy atom. The Balaban J connectivity index is 1.23. The highest BCUT2D eigenvalue weighted by Crippen LogP contribution is 2.76. The van der Waals surface area contributed by atoms with Crippen LogP contribution in [-0.4, -0.2) is 35.0 Å². The van der Waals surface area contributed by atoms with E-state index in [0.29, 0.717) is 23.5 Å². The summed E-state index contributed by atoms with van der Waals surface area (Å²) in [4.78, 5) is 13.0. The Hall–Kier alpha value is -1.40. The first kappa shape index (κ1) is 30.3. The summed E-state index contributed by atoms with van der Waals surface area (Å²) >= 11 is 6.13. The third-order valence-electron chi connectivity index (χ3n) is 14.7. The molecule has 6 aliphatic rings. The van der Waals surface area contributed by atoms with Crippen LogP contribution in [0.25, 0.3) is 0 Å². The minimum atomic E-state index is -0.621. The normalized spacial score (nSPS) is 50.2. The number of hydrogen-bond acceptors (Lipinski definition) is 4. The van der Waals surface area contributed by atoms with Gasteiger partial charge in [0.2, 0.25) is 0 Å². The van der Waals surface area contributed by atoms with Gasteiger partial charge in [-0.15, -0.1) is 0 Å². The second-order valence-corrected chi connectivity index (χ2v) is 17.6. The molecule has 7 rings (SSSR count). The number of fused-ring (bicyclic) bond motifs is 9. The van der Waals surface area contributed by atoms with Crippen LogP contribution >= 0.6 is 11.6 Å². The molecule has 2 N–H and O–H groups in total. The van der Waals surface area contributed by atoms with Gasteiger partial charge in [-0.2, -0.15) is 0 Å². The summed E-state index contributed by atoms with van der Waals surface area (Å²) in [7, 11) is 0. The molecule has 4 saturated carbocycles. The molecule has 1 saturated heterocycles. The average molecular weight is 611 g/mol. The third-order valence-corrected chi connectivity index (χ3v) is 15.0. The summed E-state index contributed by atoms with van der Waals surface area (Å²) in [5.41, 5.74) is 1.56. The third kappa shape index (κ3) is 4.02. The Labute approximate surface area is 262 Å². The van der Waals surface area contributed by atoms with E-state index in [1.54, 1.807) is 0 Å². The van der Waals surface area contributed by atoms with Crippen LogP contribution in [0.2, 0.25) is 5.02 Å². The first-order valence-electron chi connectivity index (χ1n) is 16.7. The lowest BCUT2D eigenvalue weighted by atomic mass is 9.33. The molecule has 4 unspecified atom stereocenters. The van der Waals surface area contributed by atoms with E-state index in [1.807, 2.05) is 24.3 Å². The Morgan fingerprint density at radius 1 is 0.907 bits per heavy atom. The van der Waals surface area contributed by atoms with Gasteiger partial charge in [0.1, 0.15) is 0 Å². The summed E-state index contributed by atoms with van der Waals surface area (Å²) < 4.78 is 13.1. The number of aliphatic carboxylic acids is 1. The van der Waals surface area contributed by atoms with Gasteiger partial charge in [-0.05, 0) is 109 Å². The number of rotatable bonds is 2. The van der Waals surface area contributed by atoms with Crippen molar-refractivity contribution in [3.05, 3.63) is 46.5 Å². The van der Waals surface area contributed by atoms with Crippen molar-refractivity contribution in [2.45, 2.75) is 118 Å². The number of halogens is 1. The lowest BCUT2D eigenvalue weighted by Crippen LogP contribution is -2.69. The van der Waals surface area contributed by atoms with Crippen molar-refractivity contribution in [1.82, 2.24) is 0 Å². The van der Waals surface area contributed by atoms with Crippen LogP contribution in [0, 0.1) is 50.2 Å².